The molecule has 1 amide bonds. The number of benzene rings is 1. The van der Waals surface area contributed by atoms with E-state index in [2.05, 4.69) is 5.32 Å². The SMILES string of the molecule is O=C(NCC1CCC(Cl)CC1)c1cccc(O)c1O. The van der Waals surface area contributed by atoms with Gasteiger partial charge in [0.25, 0.3) is 5.91 Å². The molecule has 2 rings (SSSR count). The van der Waals surface area contributed by atoms with Gasteiger partial charge in [-0.05, 0) is 43.7 Å². The molecule has 1 fully saturated rings. The van der Waals surface area contributed by atoms with Crippen molar-refractivity contribution in [2.45, 2.75) is 31.1 Å². The highest BCUT2D eigenvalue weighted by atomic mass is 35.5. The zero-order valence-corrected chi connectivity index (χ0v) is 11.4. The Hall–Kier alpha value is -1.42. The zero-order valence-electron chi connectivity index (χ0n) is 10.6. The van der Waals surface area contributed by atoms with Gasteiger partial charge in [0.2, 0.25) is 0 Å². The lowest BCUT2D eigenvalue weighted by Gasteiger charge is -2.25. The van der Waals surface area contributed by atoms with E-state index in [1.807, 2.05) is 0 Å². The molecule has 0 aromatic heterocycles. The molecule has 1 saturated carbocycles. The van der Waals surface area contributed by atoms with Crippen LogP contribution >= 0.6 is 11.6 Å². The van der Waals surface area contributed by atoms with E-state index in [1.165, 1.54) is 18.2 Å². The largest absolute Gasteiger partial charge is 0.504 e. The fraction of sp³-hybridized carbons (Fsp3) is 0.500. The second kappa shape index (κ2) is 6.15. The molecule has 0 heterocycles. The fourth-order valence-corrected chi connectivity index (χ4v) is 2.62. The van der Waals surface area contributed by atoms with Crippen LogP contribution in [0, 0.1) is 5.92 Å². The van der Waals surface area contributed by atoms with Crippen molar-refractivity contribution in [1.82, 2.24) is 5.32 Å². The van der Waals surface area contributed by atoms with Crippen LogP contribution < -0.4 is 5.32 Å². The van der Waals surface area contributed by atoms with Gasteiger partial charge in [-0.15, -0.1) is 11.6 Å². The summed E-state index contributed by atoms with van der Waals surface area (Å²) in [5, 5.41) is 22.0. The summed E-state index contributed by atoms with van der Waals surface area (Å²) >= 11 is 6.03. The first-order valence-corrected chi connectivity index (χ1v) is 6.94. The van der Waals surface area contributed by atoms with Crippen LogP contribution in [-0.4, -0.2) is 28.0 Å². The first-order valence-electron chi connectivity index (χ1n) is 6.51. The highest BCUT2D eigenvalue weighted by molar-refractivity contribution is 6.20. The third-order valence-corrected chi connectivity index (χ3v) is 4.02. The number of alkyl halides is 1. The maximum atomic E-state index is 11.9. The lowest BCUT2D eigenvalue weighted by Crippen LogP contribution is -2.31. The number of amides is 1. The number of hydrogen-bond donors (Lipinski definition) is 3. The molecule has 0 saturated heterocycles. The topological polar surface area (TPSA) is 69.6 Å². The van der Waals surface area contributed by atoms with Gasteiger partial charge in [0, 0.05) is 11.9 Å². The average molecular weight is 284 g/mol. The van der Waals surface area contributed by atoms with Crippen LogP contribution in [0.15, 0.2) is 18.2 Å². The molecule has 5 heteroatoms. The molecule has 104 valence electrons. The molecule has 1 aliphatic carbocycles. The van der Waals surface area contributed by atoms with E-state index in [-0.39, 0.29) is 28.3 Å². The molecule has 1 aromatic carbocycles. The summed E-state index contributed by atoms with van der Waals surface area (Å²) < 4.78 is 0. The Morgan fingerprint density at radius 1 is 1.26 bits per heavy atom. The van der Waals surface area contributed by atoms with Crippen molar-refractivity contribution < 1.29 is 15.0 Å². The summed E-state index contributed by atoms with van der Waals surface area (Å²) in [6.07, 6.45) is 4.00. The van der Waals surface area contributed by atoms with Gasteiger partial charge in [-0.25, -0.2) is 0 Å². The summed E-state index contributed by atoms with van der Waals surface area (Å²) in [4.78, 5) is 11.9. The normalized spacial score (nSPS) is 23.0. The zero-order chi connectivity index (χ0) is 13.8. The van der Waals surface area contributed by atoms with Crippen molar-refractivity contribution in [3.63, 3.8) is 0 Å². The van der Waals surface area contributed by atoms with Crippen molar-refractivity contribution in [1.29, 1.82) is 0 Å². The van der Waals surface area contributed by atoms with Gasteiger partial charge in [0.1, 0.15) is 0 Å². The third kappa shape index (κ3) is 3.53. The Labute approximate surface area is 117 Å². The van der Waals surface area contributed by atoms with E-state index < -0.39 is 0 Å². The van der Waals surface area contributed by atoms with Crippen molar-refractivity contribution >= 4 is 17.5 Å². The van der Waals surface area contributed by atoms with Crippen LogP contribution in [0.5, 0.6) is 11.5 Å². The number of aromatic hydroxyl groups is 2. The molecule has 0 aliphatic heterocycles. The van der Waals surface area contributed by atoms with Crippen molar-refractivity contribution in [3.8, 4) is 11.5 Å². The van der Waals surface area contributed by atoms with Crippen LogP contribution in [0.25, 0.3) is 0 Å². The first-order chi connectivity index (χ1) is 9.08. The molecule has 1 aliphatic rings. The number of nitrogens with one attached hydrogen (secondary N) is 1. The molecule has 0 atom stereocenters. The quantitative estimate of drug-likeness (QED) is 0.590. The van der Waals surface area contributed by atoms with Crippen LogP contribution in [0.2, 0.25) is 0 Å². The maximum Gasteiger partial charge on any atom is 0.255 e. The lowest BCUT2D eigenvalue weighted by molar-refractivity contribution is 0.0940. The Morgan fingerprint density at radius 3 is 2.63 bits per heavy atom. The van der Waals surface area contributed by atoms with E-state index >= 15 is 0 Å². The Bertz CT molecular complexity index is 456. The van der Waals surface area contributed by atoms with Gasteiger partial charge in [-0.2, -0.15) is 0 Å². The van der Waals surface area contributed by atoms with Crippen LogP contribution in [0.1, 0.15) is 36.0 Å². The number of halogens is 1. The monoisotopic (exact) mass is 283 g/mol. The number of para-hydroxylation sites is 1. The molecule has 4 nitrogen and oxygen atoms in total. The minimum Gasteiger partial charge on any atom is -0.504 e. The minimum absolute atomic E-state index is 0.103. The van der Waals surface area contributed by atoms with Crippen molar-refractivity contribution in [3.05, 3.63) is 23.8 Å². The summed E-state index contributed by atoms with van der Waals surface area (Å²) in [5.74, 6) is -0.570. The fourth-order valence-electron chi connectivity index (χ4n) is 2.37. The Balaban J connectivity index is 1.89. The molecular weight excluding hydrogens is 266 g/mol. The van der Waals surface area contributed by atoms with E-state index in [4.69, 9.17) is 11.6 Å². The van der Waals surface area contributed by atoms with Crippen LogP contribution in [0.4, 0.5) is 0 Å². The summed E-state index contributed by atoms with van der Waals surface area (Å²) in [6.45, 7) is 0.581. The molecule has 1 aromatic rings. The number of hydrogen-bond acceptors (Lipinski definition) is 3. The van der Waals surface area contributed by atoms with E-state index in [9.17, 15) is 15.0 Å². The molecule has 0 unspecified atom stereocenters. The summed E-state index contributed by atoms with van der Waals surface area (Å²) in [6, 6.07) is 4.36. The van der Waals surface area contributed by atoms with Gasteiger partial charge in [-0.3, -0.25) is 4.79 Å². The Kier molecular flexibility index (Phi) is 4.53. The predicted octanol–water partition coefficient (Wildman–Crippen LogP) is 2.63. The molecule has 0 bridgehead atoms. The van der Waals surface area contributed by atoms with Gasteiger partial charge < -0.3 is 15.5 Å². The van der Waals surface area contributed by atoms with Crippen LogP contribution in [0.3, 0.4) is 0 Å². The van der Waals surface area contributed by atoms with E-state index in [0.29, 0.717) is 12.5 Å². The van der Waals surface area contributed by atoms with Gasteiger partial charge in [0.05, 0.1) is 5.56 Å². The molecular formula is C14H18ClNO3. The molecule has 0 spiro atoms. The van der Waals surface area contributed by atoms with E-state index in [1.54, 1.807) is 0 Å². The number of carbonyl (C=O) groups excluding carboxylic acids is 1. The maximum absolute atomic E-state index is 11.9. The predicted molar refractivity (Wildman–Crippen MR) is 73.7 cm³/mol. The Morgan fingerprint density at radius 2 is 1.95 bits per heavy atom. The van der Waals surface area contributed by atoms with Crippen molar-refractivity contribution in [2.75, 3.05) is 6.54 Å². The number of phenolic OH excluding ortho intramolecular Hbond substituents is 2. The van der Waals surface area contributed by atoms with E-state index in [0.717, 1.165) is 25.7 Å². The number of phenols is 2. The second-order valence-corrected chi connectivity index (χ2v) is 5.62. The van der Waals surface area contributed by atoms with Gasteiger partial charge >= 0.3 is 0 Å². The first kappa shape index (κ1) is 14.0. The summed E-state index contributed by atoms with van der Waals surface area (Å²) in [7, 11) is 0. The van der Waals surface area contributed by atoms with Crippen molar-refractivity contribution in [2.24, 2.45) is 5.92 Å². The number of carbonyl (C=O) groups is 1. The second-order valence-electron chi connectivity index (χ2n) is 5.00. The van der Waals surface area contributed by atoms with Gasteiger partial charge in [-0.1, -0.05) is 6.07 Å². The molecule has 3 N–H and O–H groups in total. The molecule has 19 heavy (non-hydrogen) atoms. The highest BCUT2D eigenvalue weighted by Gasteiger charge is 2.21. The highest BCUT2D eigenvalue weighted by Crippen LogP contribution is 2.29. The molecule has 0 radical (unpaired) electrons. The van der Waals surface area contributed by atoms with Crippen LogP contribution in [-0.2, 0) is 0 Å². The minimum atomic E-state index is -0.371. The van der Waals surface area contributed by atoms with Gasteiger partial charge in [0.15, 0.2) is 11.5 Å². The average Bonchev–Trinajstić information content (AvgIpc) is 2.41. The smallest absolute Gasteiger partial charge is 0.255 e. The lowest BCUT2D eigenvalue weighted by atomic mass is 9.89. The standard InChI is InChI=1S/C14H18ClNO3/c15-10-6-4-9(5-7-10)8-16-14(19)11-2-1-3-12(17)13(11)18/h1-3,9-10,17-18H,4-8H2,(H,16,19). The third-order valence-electron chi connectivity index (χ3n) is 3.59. The number of rotatable bonds is 3. The summed E-state index contributed by atoms with van der Waals surface area (Å²) in [5.41, 5.74) is 0.103.